The van der Waals surface area contributed by atoms with Gasteiger partial charge in [0.2, 0.25) is 0 Å². The lowest BCUT2D eigenvalue weighted by atomic mass is 10.0. The lowest BCUT2D eigenvalue weighted by molar-refractivity contribution is -0.130. The summed E-state index contributed by atoms with van der Waals surface area (Å²) < 4.78 is 10.4. The first kappa shape index (κ1) is 19.4. The Morgan fingerprint density at radius 2 is 1.70 bits per heavy atom. The molecule has 2 aliphatic rings. The smallest absolute Gasteiger partial charge is 0.320 e. The number of rotatable bonds is 4. The van der Waals surface area contributed by atoms with Gasteiger partial charge in [-0.1, -0.05) is 12.1 Å². The molecule has 0 spiro atoms. The lowest BCUT2D eigenvalue weighted by Crippen LogP contribution is -2.53. The number of amides is 3. The first-order valence-corrected chi connectivity index (χ1v) is 9.32. The van der Waals surface area contributed by atoms with Gasteiger partial charge in [-0.25, -0.2) is 4.79 Å². The summed E-state index contributed by atoms with van der Waals surface area (Å²) in [6.45, 7) is 3.62. The minimum atomic E-state index is -1.22. The molecule has 3 amide bonds. The van der Waals surface area contributed by atoms with Crippen LogP contribution in [0.4, 0.5) is 4.79 Å². The second-order valence-corrected chi connectivity index (χ2v) is 6.83. The summed E-state index contributed by atoms with van der Waals surface area (Å²) in [5.41, 5.74) is 0.522. The average molecular weight is 377 g/mol. The van der Waals surface area contributed by atoms with Crippen molar-refractivity contribution in [3.63, 3.8) is 0 Å². The Hall–Kier alpha value is -2.32. The van der Waals surface area contributed by atoms with Crippen LogP contribution in [0, 0.1) is 0 Å². The number of morpholine rings is 1. The summed E-state index contributed by atoms with van der Waals surface area (Å²) >= 11 is 0. The molecule has 1 aromatic carbocycles. The average Bonchev–Trinajstić information content (AvgIpc) is 2.74. The van der Waals surface area contributed by atoms with E-state index in [1.54, 1.807) is 31.4 Å². The number of nitrogens with zero attached hydrogens (tertiary/aromatic N) is 2. The Kier molecular flexibility index (Phi) is 6.52. The lowest BCUT2D eigenvalue weighted by Gasteiger charge is -2.37. The maximum atomic E-state index is 12.5. The number of methoxy groups -OCH3 is 1. The van der Waals surface area contributed by atoms with Gasteiger partial charge < -0.3 is 29.7 Å². The predicted molar refractivity (Wildman–Crippen MR) is 98.5 cm³/mol. The molecule has 0 saturated carbocycles. The van der Waals surface area contributed by atoms with E-state index in [9.17, 15) is 14.7 Å². The fraction of sp³-hybridized carbons (Fsp3) is 0.579. The van der Waals surface area contributed by atoms with E-state index >= 15 is 0 Å². The van der Waals surface area contributed by atoms with E-state index in [1.165, 1.54) is 0 Å². The molecule has 0 bridgehead atoms. The first-order valence-electron chi connectivity index (χ1n) is 9.32. The van der Waals surface area contributed by atoms with Crippen LogP contribution in [0.1, 0.15) is 24.5 Å². The van der Waals surface area contributed by atoms with E-state index in [-0.39, 0.29) is 12.1 Å². The van der Waals surface area contributed by atoms with Crippen LogP contribution in [-0.4, -0.2) is 79.4 Å². The van der Waals surface area contributed by atoms with Crippen molar-refractivity contribution < 1.29 is 24.2 Å². The molecule has 0 aliphatic carbocycles. The molecule has 8 heteroatoms. The topological polar surface area (TPSA) is 91.3 Å². The molecular weight excluding hydrogens is 350 g/mol. The van der Waals surface area contributed by atoms with E-state index in [1.807, 2.05) is 9.80 Å². The van der Waals surface area contributed by atoms with Crippen molar-refractivity contribution in [2.45, 2.75) is 25.0 Å². The molecule has 2 saturated heterocycles. The highest BCUT2D eigenvalue weighted by Crippen LogP contribution is 2.19. The molecular formula is C19H27N3O5. The number of aliphatic hydroxyl groups excluding tert-OH is 1. The number of likely N-dealkylation sites (tertiary alicyclic amines) is 1. The molecule has 2 heterocycles. The molecule has 148 valence electrons. The second-order valence-electron chi connectivity index (χ2n) is 6.83. The van der Waals surface area contributed by atoms with Crippen molar-refractivity contribution in [1.29, 1.82) is 0 Å². The summed E-state index contributed by atoms with van der Waals surface area (Å²) in [5, 5.41) is 13.2. The number of aliphatic hydroxyl groups is 1. The Morgan fingerprint density at radius 1 is 1.11 bits per heavy atom. The van der Waals surface area contributed by atoms with Crippen molar-refractivity contribution >= 4 is 11.9 Å². The zero-order valence-electron chi connectivity index (χ0n) is 15.6. The van der Waals surface area contributed by atoms with Crippen LogP contribution in [0.25, 0.3) is 0 Å². The Labute approximate surface area is 159 Å². The monoisotopic (exact) mass is 377 g/mol. The van der Waals surface area contributed by atoms with E-state index in [0.29, 0.717) is 63.5 Å². The van der Waals surface area contributed by atoms with Crippen molar-refractivity contribution in [3.05, 3.63) is 29.8 Å². The summed E-state index contributed by atoms with van der Waals surface area (Å²) in [7, 11) is 1.56. The number of ether oxygens (including phenoxy) is 2. The third kappa shape index (κ3) is 4.90. The predicted octanol–water partition coefficient (Wildman–Crippen LogP) is 0.761. The highest BCUT2D eigenvalue weighted by Gasteiger charge is 2.29. The molecule has 2 aliphatic heterocycles. The third-order valence-corrected chi connectivity index (χ3v) is 5.07. The van der Waals surface area contributed by atoms with Crippen LogP contribution >= 0.6 is 0 Å². The van der Waals surface area contributed by atoms with E-state index in [2.05, 4.69) is 5.32 Å². The SMILES string of the molecule is COc1ccc([C@@H](O)C(=O)NC2CCN(C(=O)N3CCOCC3)CC2)cc1. The van der Waals surface area contributed by atoms with Gasteiger partial charge >= 0.3 is 6.03 Å². The van der Waals surface area contributed by atoms with Gasteiger partial charge in [-0.05, 0) is 30.5 Å². The Morgan fingerprint density at radius 3 is 2.30 bits per heavy atom. The standard InChI is InChI=1S/C19H27N3O5/c1-26-16-4-2-14(3-5-16)17(23)18(24)20-15-6-8-21(9-7-15)19(25)22-10-12-27-13-11-22/h2-5,15,17,23H,6-13H2,1H3,(H,20,24)/t17-/m1/s1. The first-order chi connectivity index (χ1) is 13.1. The van der Waals surface area contributed by atoms with Gasteiger partial charge in [0.1, 0.15) is 5.75 Å². The number of carbonyl (C=O) groups is 2. The molecule has 2 N–H and O–H groups in total. The van der Waals surface area contributed by atoms with E-state index in [0.717, 1.165) is 0 Å². The van der Waals surface area contributed by atoms with Gasteiger partial charge in [-0.2, -0.15) is 0 Å². The van der Waals surface area contributed by atoms with Gasteiger partial charge in [-0.15, -0.1) is 0 Å². The zero-order valence-corrected chi connectivity index (χ0v) is 15.6. The molecule has 3 rings (SSSR count). The minimum absolute atomic E-state index is 0.0425. The fourth-order valence-corrected chi connectivity index (χ4v) is 3.39. The fourth-order valence-electron chi connectivity index (χ4n) is 3.39. The normalized spacial score (nSPS) is 19.5. The van der Waals surface area contributed by atoms with Crippen molar-refractivity contribution in [2.24, 2.45) is 0 Å². The molecule has 1 atom stereocenters. The maximum Gasteiger partial charge on any atom is 0.320 e. The highest BCUT2D eigenvalue weighted by atomic mass is 16.5. The molecule has 1 aromatic rings. The van der Waals surface area contributed by atoms with Crippen LogP contribution in [0.15, 0.2) is 24.3 Å². The molecule has 2 fully saturated rings. The van der Waals surface area contributed by atoms with Gasteiger partial charge in [0.25, 0.3) is 5.91 Å². The number of nitrogens with one attached hydrogen (secondary N) is 1. The van der Waals surface area contributed by atoms with Crippen molar-refractivity contribution in [1.82, 2.24) is 15.1 Å². The Bertz CT molecular complexity index is 637. The van der Waals surface area contributed by atoms with Gasteiger partial charge in [0.15, 0.2) is 6.10 Å². The highest BCUT2D eigenvalue weighted by molar-refractivity contribution is 5.82. The molecule has 27 heavy (non-hydrogen) atoms. The molecule has 0 radical (unpaired) electrons. The molecule has 0 unspecified atom stereocenters. The maximum absolute atomic E-state index is 12.5. The van der Waals surface area contributed by atoms with E-state index in [4.69, 9.17) is 9.47 Å². The van der Waals surface area contributed by atoms with Crippen LogP contribution in [0.5, 0.6) is 5.75 Å². The number of hydrogen-bond donors (Lipinski definition) is 2. The van der Waals surface area contributed by atoms with Gasteiger partial charge in [0, 0.05) is 32.2 Å². The molecule has 8 nitrogen and oxygen atoms in total. The zero-order chi connectivity index (χ0) is 19.2. The summed E-state index contributed by atoms with van der Waals surface area (Å²) in [6.07, 6.45) is 0.137. The summed E-state index contributed by atoms with van der Waals surface area (Å²) in [6, 6.07) is 6.77. The molecule has 0 aromatic heterocycles. The van der Waals surface area contributed by atoms with Crippen molar-refractivity contribution in [3.8, 4) is 5.75 Å². The third-order valence-electron chi connectivity index (χ3n) is 5.07. The van der Waals surface area contributed by atoms with Crippen LogP contribution in [0.2, 0.25) is 0 Å². The minimum Gasteiger partial charge on any atom is -0.497 e. The van der Waals surface area contributed by atoms with Gasteiger partial charge in [0.05, 0.1) is 20.3 Å². The van der Waals surface area contributed by atoms with E-state index < -0.39 is 12.0 Å². The number of piperidine rings is 1. The number of carbonyl (C=O) groups excluding carboxylic acids is 2. The number of hydrogen-bond acceptors (Lipinski definition) is 5. The number of benzene rings is 1. The summed E-state index contributed by atoms with van der Waals surface area (Å²) in [4.78, 5) is 28.5. The quantitative estimate of drug-likeness (QED) is 0.808. The van der Waals surface area contributed by atoms with Crippen LogP contribution in [0.3, 0.4) is 0 Å². The van der Waals surface area contributed by atoms with Crippen LogP contribution in [-0.2, 0) is 9.53 Å². The van der Waals surface area contributed by atoms with Gasteiger partial charge in [-0.3, -0.25) is 4.79 Å². The number of urea groups is 1. The largest absolute Gasteiger partial charge is 0.497 e. The Balaban J connectivity index is 1.46. The van der Waals surface area contributed by atoms with Crippen molar-refractivity contribution in [2.75, 3.05) is 46.5 Å². The second kappa shape index (κ2) is 9.05. The summed E-state index contributed by atoms with van der Waals surface area (Å²) in [5.74, 6) is 0.252. The van der Waals surface area contributed by atoms with Crippen LogP contribution < -0.4 is 10.1 Å².